The number of carbonyl (C=O) groups excluding carboxylic acids is 2. The van der Waals surface area contributed by atoms with E-state index in [4.69, 9.17) is 16.3 Å². The maximum Gasteiger partial charge on any atom is 0.405 e. The van der Waals surface area contributed by atoms with Gasteiger partial charge in [-0.25, -0.2) is 4.79 Å². The molecule has 0 unspecified atom stereocenters. The molecule has 1 N–H and O–H groups in total. The third-order valence-electron chi connectivity index (χ3n) is 3.01. The molecule has 0 fully saturated rings. The Labute approximate surface area is 139 Å². The number of hydrogen-bond donors (Lipinski definition) is 1. The van der Waals surface area contributed by atoms with Gasteiger partial charge in [0.2, 0.25) is 0 Å². The molecule has 1 aromatic heterocycles. The van der Waals surface area contributed by atoms with Crippen LogP contribution in [0.25, 0.3) is 10.9 Å². The molecule has 0 bridgehead atoms. The molecular formula is C15H12ClF3N2O3. The van der Waals surface area contributed by atoms with Crippen LogP contribution in [0.1, 0.15) is 16.1 Å². The first kappa shape index (κ1) is 18.0. The summed E-state index contributed by atoms with van der Waals surface area (Å²) in [5.41, 5.74) is 1.09. The van der Waals surface area contributed by atoms with E-state index in [0.29, 0.717) is 21.6 Å². The van der Waals surface area contributed by atoms with Gasteiger partial charge in [-0.2, -0.15) is 13.2 Å². The van der Waals surface area contributed by atoms with Gasteiger partial charge in [-0.1, -0.05) is 11.6 Å². The van der Waals surface area contributed by atoms with E-state index < -0.39 is 31.2 Å². The Morgan fingerprint density at radius 1 is 1.29 bits per heavy atom. The third kappa shape index (κ3) is 4.82. The minimum absolute atomic E-state index is 0.105. The van der Waals surface area contributed by atoms with Gasteiger partial charge < -0.3 is 10.1 Å². The zero-order chi connectivity index (χ0) is 17.9. The van der Waals surface area contributed by atoms with Crippen LogP contribution >= 0.6 is 11.6 Å². The summed E-state index contributed by atoms with van der Waals surface area (Å²) >= 11 is 5.88. The first-order valence-electron chi connectivity index (χ1n) is 6.73. The summed E-state index contributed by atoms with van der Waals surface area (Å²) < 4.78 is 40.6. The van der Waals surface area contributed by atoms with E-state index in [2.05, 4.69) is 4.98 Å². The maximum absolute atomic E-state index is 12.0. The lowest BCUT2D eigenvalue weighted by Crippen LogP contribution is -2.36. The van der Waals surface area contributed by atoms with Crippen molar-refractivity contribution in [1.82, 2.24) is 10.3 Å². The number of ether oxygens (including phenoxy) is 1. The lowest BCUT2D eigenvalue weighted by Gasteiger charge is -2.10. The molecule has 0 atom stereocenters. The van der Waals surface area contributed by atoms with Gasteiger partial charge in [0.05, 0.1) is 16.8 Å². The number of carbonyl (C=O) groups is 2. The predicted octanol–water partition coefficient (Wildman–Crippen LogP) is 3.03. The highest BCUT2D eigenvalue weighted by Gasteiger charge is 2.27. The van der Waals surface area contributed by atoms with Crippen LogP contribution in [-0.4, -0.2) is 36.2 Å². The van der Waals surface area contributed by atoms with Crippen molar-refractivity contribution in [3.05, 3.63) is 40.5 Å². The van der Waals surface area contributed by atoms with Gasteiger partial charge in [-0.3, -0.25) is 9.78 Å². The van der Waals surface area contributed by atoms with Crippen molar-refractivity contribution < 1.29 is 27.5 Å². The monoisotopic (exact) mass is 360 g/mol. The molecule has 5 nitrogen and oxygen atoms in total. The fraction of sp³-hybridized carbons (Fsp3) is 0.267. The van der Waals surface area contributed by atoms with Gasteiger partial charge in [-0.15, -0.1) is 0 Å². The van der Waals surface area contributed by atoms with Gasteiger partial charge in [-0.05, 0) is 31.2 Å². The Kier molecular flexibility index (Phi) is 5.28. The number of hydrogen-bond acceptors (Lipinski definition) is 4. The highest BCUT2D eigenvalue weighted by Crippen LogP contribution is 2.21. The number of fused-ring (bicyclic) bond motifs is 1. The Hall–Kier alpha value is -2.35. The number of rotatable bonds is 4. The second kappa shape index (κ2) is 7.04. The molecule has 0 aliphatic carbocycles. The third-order valence-corrected chi connectivity index (χ3v) is 3.24. The first-order valence-corrected chi connectivity index (χ1v) is 7.11. The Morgan fingerprint density at radius 2 is 2.00 bits per heavy atom. The van der Waals surface area contributed by atoms with Gasteiger partial charge >= 0.3 is 12.1 Å². The summed E-state index contributed by atoms with van der Waals surface area (Å²) in [6.45, 7) is -0.727. The molecule has 0 saturated heterocycles. The normalized spacial score (nSPS) is 11.4. The van der Waals surface area contributed by atoms with Crippen LogP contribution in [-0.2, 0) is 9.53 Å². The summed E-state index contributed by atoms with van der Waals surface area (Å²) in [6, 6.07) is 6.44. The van der Waals surface area contributed by atoms with Crippen molar-refractivity contribution in [2.24, 2.45) is 0 Å². The van der Waals surface area contributed by atoms with Crippen molar-refractivity contribution in [2.75, 3.05) is 13.2 Å². The first-order chi connectivity index (χ1) is 11.2. The highest BCUT2D eigenvalue weighted by atomic mass is 35.5. The van der Waals surface area contributed by atoms with Crippen LogP contribution in [0.5, 0.6) is 0 Å². The summed E-state index contributed by atoms with van der Waals surface area (Å²) in [7, 11) is 0. The lowest BCUT2D eigenvalue weighted by molar-refractivity contribution is -0.140. The molecule has 1 heterocycles. The predicted molar refractivity (Wildman–Crippen MR) is 80.8 cm³/mol. The van der Waals surface area contributed by atoms with Crippen LogP contribution in [0.3, 0.4) is 0 Å². The van der Waals surface area contributed by atoms with E-state index in [0.717, 1.165) is 0 Å². The second-order valence-corrected chi connectivity index (χ2v) is 5.36. The summed E-state index contributed by atoms with van der Waals surface area (Å²) in [6.07, 6.45) is -4.53. The number of halogens is 4. The number of esters is 1. The fourth-order valence-corrected chi connectivity index (χ4v) is 2.09. The standard InChI is InChI=1S/C15H12ClF3N2O3/c1-8-11(5-9-4-10(16)2-3-12(9)21-8)14(23)24-6-13(22)20-7-15(17,18)19/h2-5H,6-7H2,1H3,(H,20,22). The molecule has 128 valence electrons. The number of alkyl halides is 3. The molecule has 9 heteroatoms. The molecule has 0 saturated carbocycles. The number of benzene rings is 1. The minimum atomic E-state index is -4.53. The number of aryl methyl sites for hydroxylation is 1. The fourth-order valence-electron chi connectivity index (χ4n) is 1.91. The van der Waals surface area contributed by atoms with Crippen LogP contribution < -0.4 is 5.32 Å². The molecule has 0 spiro atoms. The summed E-state index contributed by atoms with van der Waals surface area (Å²) in [4.78, 5) is 27.5. The molecule has 2 rings (SSSR count). The Balaban J connectivity index is 2.05. The van der Waals surface area contributed by atoms with Crippen LogP contribution in [0, 0.1) is 6.92 Å². The number of nitrogens with zero attached hydrogens (tertiary/aromatic N) is 1. The maximum atomic E-state index is 12.0. The van der Waals surface area contributed by atoms with Gasteiger partial charge in [0.25, 0.3) is 5.91 Å². The second-order valence-electron chi connectivity index (χ2n) is 4.93. The zero-order valence-electron chi connectivity index (χ0n) is 12.4. The van der Waals surface area contributed by atoms with Gasteiger partial charge in [0.1, 0.15) is 6.54 Å². The Bertz CT molecular complexity index is 793. The molecule has 24 heavy (non-hydrogen) atoms. The van der Waals surface area contributed by atoms with E-state index in [1.54, 1.807) is 30.4 Å². The quantitative estimate of drug-likeness (QED) is 0.851. The Morgan fingerprint density at radius 3 is 2.67 bits per heavy atom. The number of nitrogens with one attached hydrogen (secondary N) is 1. The van der Waals surface area contributed by atoms with Gasteiger partial charge in [0, 0.05) is 10.4 Å². The van der Waals surface area contributed by atoms with E-state index in [-0.39, 0.29) is 5.56 Å². The largest absolute Gasteiger partial charge is 0.452 e. The number of aromatic nitrogens is 1. The molecule has 1 amide bonds. The number of amides is 1. The molecule has 2 aromatic rings. The SMILES string of the molecule is Cc1nc2ccc(Cl)cc2cc1C(=O)OCC(=O)NCC(F)(F)F. The van der Waals surface area contributed by atoms with Crippen molar-refractivity contribution in [3.63, 3.8) is 0 Å². The van der Waals surface area contributed by atoms with Crippen molar-refractivity contribution >= 4 is 34.4 Å². The van der Waals surface area contributed by atoms with Crippen LogP contribution in [0.15, 0.2) is 24.3 Å². The van der Waals surface area contributed by atoms with Gasteiger partial charge in [0.15, 0.2) is 6.61 Å². The average Bonchev–Trinajstić information content (AvgIpc) is 2.49. The molecular weight excluding hydrogens is 349 g/mol. The minimum Gasteiger partial charge on any atom is -0.452 e. The summed E-state index contributed by atoms with van der Waals surface area (Å²) in [5, 5.41) is 2.66. The van der Waals surface area contributed by atoms with Crippen molar-refractivity contribution in [1.29, 1.82) is 0 Å². The van der Waals surface area contributed by atoms with Crippen molar-refractivity contribution in [3.8, 4) is 0 Å². The molecule has 0 aliphatic heterocycles. The van der Waals surface area contributed by atoms with E-state index in [9.17, 15) is 22.8 Å². The molecule has 0 aliphatic rings. The van der Waals surface area contributed by atoms with Crippen LogP contribution in [0.2, 0.25) is 5.02 Å². The summed E-state index contributed by atoms with van der Waals surface area (Å²) in [5.74, 6) is -1.90. The van der Waals surface area contributed by atoms with E-state index in [1.165, 1.54) is 6.07 Å². The van der Waals surface area contributed by atoms with E-state index >= 15 is 0 Å². The topological polar surface area (TPSA) is 68.3 Å². The smallest absolute Gasteiger partial charge is 0.405 e. The lowest BCUT2D eigenvalue weighted by atomic mass is 10.1. The average molecular weight is 361 g/mol. The van der Waals surface area contributed by atoms with E-state index in [1.807, 2.05) is 0 Å². The number of pyridine rings is 1. The molecule has 0 radical (unpaired) electrons. The highest BCUT2D eigenvalue weighted by molar-refractivity contribution is 6.31. The molecule has 1 aromatic carbocycles. The van der Waals surface area contributed by atoms with Crippen LogP contribution in [0.4, 0.5) is 13.2 Å². The zero-order valence-corrected chi connectivity index (χ0v) is 13.2. The van der Waals surface area contributed by atoms with Crippen molar-refractivity contribution in [2.45, 2.75) is 13.1 Å².